The zero-order chi connectivity index (χ0) is 19.1. The van der Waals surface area contributed by atoms with Crippen molar-refractivity contribution in [1.82, 2.24) is 0 Å². The van der Waals surface area contributed by atoms with Crippen molar-refractivity contribution < 1.29 is 14.4 Å². The molecule has 1 unspecified atom stereocenters. The molecular weight excluding hydrogens is 330 g/mol. The third-order valence-electron chi connectivity index (χ3n) is 3.90. The molecule has 6 heteroatoms. The molecule has 6 nitrogen and oxygen atoms in total. The van der Waals surface area contributed by atoms with Gasteiger partial charge in [0.1, 0.15) is 5.75 Å². The fourth-order valence-corrected chi connectivity index (χ4v) is 2.35. The fourth-order valence-electron chi connectivity index (χ4n) is 2.35. The van der Waals surface area contributed by atoms with Crippen molar-refractivity contribution in [3.05, 3.63) is 59.7 Å². The van der Waals surface area contributed by atoms with Crippen LogP contribution in [0, 0.1) is 0 Å². The van der Waals surface area contributed by atoms with E-state index in [9.17, 15) is 4.79 Å². The number of para-hydroxylation sites is 1. The summed E-state index contributed by atoms with van der Waals surface area (Å²) >= 11 is 0. The average Bonchev–Trinajstić information content (AvgIpc) is 2.66. The first-order valence-electron chi connectivity index (χ1n) is 8.46. The van der Waals surface area contributed by atoms with Crippen LogP contribution in [-0.4, -0.2) is 25.0 Å². The van der Waals surface area contributed by atoms with E-state index in [0.717, 1.165) is 17.0 Å². The number of amidine groups is 1. The number of nitrogens with zero attached hydrogens (tertiary/aromatic N) is 1. The van der Waals surface area contributed by atoms with Crippen molar-refractivity contribution >= 4 is 17.4 Å². The molecule has 3 N–H and O–H groups in total. The third-order valence-corrected chi connectivity index (χ3v) is 3.90. The molecule has 1 atom stereocenters. The molecule has 0 aromatic heterocycles. The Hall–Kier alpha value is -3.02. The van der Waals surface area contributed by atoms with E-state index in [1.807, 2.05) is 24.3 Å². The van der Waals surface area contributed by atoms with Crippen molar-refractivity contribution in [3.63, 3.8) is 0 Å². The monoisotopic (exact) mass is 355 g/mol. The highest BCUT2D eigenvalue weighted by Gasteiger charge is 2.17. The van der Waals surface area contributed by atoms with Crippen molar-refractivity contribution in [2.24, 2.45) is 10.9 Å². The number of hydrogen-bond donors (Lipinski definition) is 2. The summed E-state index contributed by atoms with van der Waals surface area (Å²) < 4.78 is 5.10. The molecule has 0 radical (unpaired) electrons. The predicted molar refractivity (Wildman–Crippen MR) is 103 cm³/mol. The highest BCUT2D eigenvalue weighted by atomic mass is 16.6. The van der Waals surface area contributed by atoms with Gasteiger partial charge < -0.3 is 20.6 Å². The maximum atomic E-state index is 12.4. The van der Waals surface area contributed by atoms with Crippen molar-refractivity contribution in [3.8, 4) is 5.75 Å². The van der Waals surface area contributed by atoms with Gasteiger partial charge in [-0.05, 0) is 48.7 Å². The molecule has 0 heterocycles. The zero-order valence-corrected chi connectivity index (χ0v) is 15.5. The topological polar surface area (TPSA) is 85.9 Å². The van der Waals surface area contributed by atoms with E-state index in [4.69, 9.17) is 15.3 Å². The molecule has 0 spiro atoms. The Morgan fingerprint density at radius 3 is 2.35 bits per heavy atom. The summed E-state index contributed by atoms with van der Waals surface area (Å²) in [7, 11) is 1.59. The molecule has 2 aromatic carbocycles. The minimum Gasteiger partial charge on any atom is -0.497 e. The number of carbonyl (C=O) groups is 1. The standard InChI is InChI=1S/C20H25N3O3/c1-13(2)17-7-5-6-8-18(17)22-20(24)14(3)26-23-19(21)15-9-11-16(25-4)12-10-15/h5-14H,1-4H3,(H2,21,23)(H,22,24). The number of amides is 1. The van der Waals surface area contributed by atoms with Gasteiger partial charge in [0.2, 0.25) is 6.10 Å². The fraction of sp³-hybridized carbons (Fsp3) is 0.300. The number of ether oxygens (including phenoxy) is 1. The second kappa shape index (κ2) is 8.89. The van der Waals surface area contributed by atoms with Gasteiger partial charge >= 0.3 is 0 Å². The van der Waals surface area contributed by atoms with E-state index < -0.39 is 6.10 Å². The lowest BCUT2D eigenvalue weighted by Crippen LogP contribution is -2.28. The van der Waals surface area contributed by atoms with E-state index in [1.54, 1.807) is 38.3 Å². The molecule has 26 heavy (non-hydrogen) atoms. The van der Waals surface area contributed by atoms with E-state index in [2.05, 4.69) is 24.3 Å². The number of hydrogen-bond acceptors (Lipinski definition) is 4. The van der Waals surface area contributed by atoms with Crippen LogP contribution in [0.4, 0.5) is 5.69 Å². The number of methoxy groups -OCH3 is 1. The molecule has 0 fully saturated rings. The minimum absolute atomic E-state index is 0.190. The summed E-state index contributed by atoms with van der Waals surface area (Å²) in [6.45, 7) is 5.77. The van der Waals surface area contributed by atoms with E-state index in [1.165, 1.54) is 0 Å². The number of carbonyl (C=O) groups excluding carboxylic acids is 1. The maximum absolute atomic E-state index is 12.4. The van der Waals surface area contributed by atoms with Crippen LogP contribution >= 0.6 is 0 Å². The summed E-state index contributed by atoms with van der Waals surface area (Å²) in [6, 6.07) is 14.8. The molecule has 0 saturated carbocycles. The lowest BCUT2D eigenvalue weighted by Gasteiger charge is -2.16. The molecule has 2 aromatic rings. The second-order valence-corrected chi connectivity index (χ2v) is 6.18. The van der Waals surface area contributed by atoms with Gasteiger partial charge in [-0.15, -0.1) is 0 Å². The SMILES string of the molecule is COc1ccc(/C(N)=N/OC(C)C(=O)Nc2ccccc2C(C)C)cc1. The van der Waals surface area contributed by atoms with Crippen molar-refractivity contribution in [1.29, 1.82) is 0 Å². The number of anilines is 1. The van der Waals surface area contributed by atoms with E-state index in [0.29, 0.717) is 11.5 Å². The van der Waals surface area contributed by atoms with Gasteiger partial charge in [0.15, 0.2) is 5.84 Å². The van der Waals surface area contributed by atoms with Gasteiger partial charge in [-0.2, -0.15) is 0 Å². The normalized spacial score (nSPS) is 12.6. The van der Waals surface area contributed by atoms with Gasteiger partial charge in [0.25, 0.3) is 5.91 Å². The van der Waals surface area contributed by atoms with Gasteiger partial charge in [0, 0.05) is 11.3 Å². The average molecular weight is 355 g/mol. The molecule has 2 rings (SSSR count). The summed E-state index contributed by atoms with van der Waals surface area (Å²) in [5, 5.41) is 6.74. The number of rotatable bonds is 7. The molecule has 0 saturated heterocycles. The molecule has 1 amide bonds. The largest absolute Gasteiger partial charge is 0.497 e. The summed E-state index contributed by atoms with van der Waals surface area (Å²) in [5.41, 5.74) is 8.43. The zero-order valence-electron chi connectivity index (χ0n) is 15.5. The van der Waals surface area contributed by atoms with Crippen LogP contribution in [0.2, 0.25) is 0 Å². The van der Waals surface area contributed by atoms with Crippen molar-refractivity contribution in [2.75, 3.05) is 12.4 Å². The Labute approximate surface area is 154 Å². The van der Waals surface area contributed by atoms with Gasteiger partial charge in [-0.1, -0.05) is 37.2 Å². The first-order chi connectivity index (χ1) is 12.4. The molecular formula is C20H25N3O3. The molecule has 0 aliphatic carbocycles. The summed E-state index contributed by atoms with van der Waals surface area (Å²) in [6.07, 6.45) is -0.785. The molecule has 0 aliphatic heterocycles. The Morgan fingerprint density at radius 1 is 1.08 bits per heavy atom. The van der Waals surface area contributed by atoms with Crippen molar-refractivity contribution in [2.45, 2.75) is 32.8 Å². The van der Waals surface area contributed by atoms with Crippen LogP contribution < -0.4 is 15.8 Å². The van der Waals surface area contributed by atoms with Crippen LogP contribution in [0.1, 0.15) is 37.8 Å². The maximum Gasteiger partial charge on any atom is 0.267 e. The first kappa shape index (κ1) is 19.3. The van der Waals surface area contributed by atoms with Gasteiger partial charge in [0.05, 0.1) is 7.11 Å². The smallest absolute Gasteiger partial charge is 0.267 e. The van der Waals surface area contributed by atoms with Crippen LogP contribution in [0.5, 0.6) is 5.75 Å². The highest BCUT2D eigenvalue weighted by Crippen LogP contribution is 2.23. The Morgan fingerprint density at radius 2 is 1.73 bits per heavy atom. The third kappa shape index (κ3) is 4.99. The summed E-state index contributed by atoms with van der Waals surface area (Å²) in [5.74, 6) is 0.921. The van der Waals surface area contributed by atoms with Crippen LogP contribution in [0.15, 0.2) is 53.7 Å². The Kier molecular flexibility index (Phi) is 6.60. The molecule has 138 valence electrons. The van der Waals surface area contributed by atoms with Gasteiger partial charge in [-0.3, -0.25) is 4.79 Å². The lowest BCUT2D eigenvalue weighted by atomic mass is 10.0. The Balaban J connectivity index is 2.00. The van der Waals surface area contributed by atoms with Crippen LogP contribution in [0.3, 0.4) is 0 Å². The Bertz CT molecular complexity index is 770. The number of oxime groups is 1. The second-order valence-electron chi connectivity index (χ2n) is 6.18. The molecule has 0 aliphatic rings. The first-order valence-corrected chi connectivity index (χ1v) is 8.46. The number of nitrogens with one attached hydrogen (secondary N) is 1. The lowest BCUT2D eigenvalue weighted by molar-refractivity contribution is -0.126. The quantitative estimate of drug-likeness (QED) is 0.452. The van der Waals surface area contributed by atoms with E-state index >= 15 is 0 Å². The molecule has 0 bridgehead atoms. The van der Waals surface area contributed by atoms with Gasteiger partial charge in [-0.25, -0.2) is 0 Å². The predicted octanol–water partition coefficient (Wildman–Crippen LogP) is 3.48. The number of benzene rings is 2. The summed E-state index contributed by atoms with van der Waals surface area (Å²) in [4.78, 5) is 17.6. The van der Waals surface area contributed by atoms with E-state index in [-0.39, 0.29) is 11.7 Å². The van der Waals surface area contributed by atoms with Crippen LogP contribution in [0.25, 0.3) is 0 Å². The van der Waals surface area contributed by atoms with Crippen LogP contribution in [-0.2, 0) is 9.63 Å². The highest BCUT2D eigenvalue weighted by molar-refractivity contribution is 5.97. The minimum atomic E-state index is -0.785. The number of nitrogens with two attached hydrogens (primary N) is 1.